The normalized spacial score (nSPS) is 11.0. The topological polar surface area (TPSA) is 33.0 Å². The second kappa shape index (κ2) is 5.72. The van der Waals surface area contributed by atoms with E-state index in [1.54, 1.807) is 0 Å². The van der Waals surface area contributed by atoms with E-state index in [1.807, 2.05) is 20.8 Å². The third-order valence-electron chi connectivity index (χ3n) is 2.85. The fourth-order valence-corrected chi connectivity index (χ4v) is 1.61. The van der Waals surface area contributed by atoms with E-state index >= 15 is 0 Å². The van der Waals surface area contributed by atoms with E-state index in [9.17, 15) is 0 Å². The quantitative estimate of drug-likeness (QED) is 0.717. The molecule has 2 nitrogen and oxygen atoms in total. The van der Waals surface area contributed by atoms with Crippen molar-refractivity contribution < 1.29 is 4.74 Å². The molecule has 0 amide bonds. The van der Waals surface area contributed by atoms with Gasteiger partial charge >= 0.3 is 0 Å². The van der Waals surface area contributed by atoms with Gasteiger partial charge in [0.05, 0.1) is 18.1 Å². The van der Waals surface area contributed by atoms with Crippen LogP contribution in [0.15, 0.2) is 18.2 Å². The van der Waals surface area contributed by atoms with Crippen molar-refractivity contribution in [1.29, 1.82) is 5.26 Å². The zero-order valence-electron chi connectivity index (χ0n) is 11.2. The standard InChI is InChI=1S/C15H21NO/c1-12-6-7-13(2)14(10-12)17-9-5-8-15(3,4)11-16/h6-7,10H,5,8-9H2,1-4H3. The lowest BCUT2D eigenvalue weighted by Crippen LogP contribution is -2.10. The smallest absolute Gasteiger partial charge is 0.122 e. The molecule has 1 rings (SSSR count). The van der Waals surface area contributed by atoms with Gasteiger partial charge in [-0.15, -0.1) is 0 Å². The minimum Gasteiger partial charge on any atom is -0.493 e. The molecule has 0 saturated heterocycles. The van der Waals surface area contributed by atoms with Crippen molar-refractivity contribution in [2.75, 3.05) is 6.61 Å². The van der Waals surface area contributed by atoms with Gasteiger partial charge in [-0.3, -0.25) is 0 Å². The summed E-state index contributed by atoms with van der Waals surface area (Å²) in [5, 5.41) is 8.90. The Morgan fingerprint density at radius 1 is 1.29 bits per heavy atom. The monoisotopic (exact) mass is 231 g/mol. The Morgan fingerprint density at radius 2 is 2.00 bits per heavy atom. The Balaban J connectivity index is 2.42. The van der Waals surface area contributed by atoms with Crippen molar-refractivity contribution in [2.45, 2.75) is 40.5 Å². The Labute approximate surface area is 104 Å². The molecule has 0 aliphatic heterocycles. The lowest BCUT2D eigenvalue weighted by Gasteiger charge is -2.15. The zero-order chi connectivity index (χ0) is 12.9. The molecule has 0 radical (unpaired) electrons. The van der Waals surface area contributed by atoms with Crippen molar-refractivity contribution >= 4 is 0 Å². The van der Waals surface area contributed by atoms with E-state index in [0.717, 1.165) is 24.2 Å². The molecule has 0 N–H and O–H groups in total. The molecule has 1 aromatic rings. The Morgan fingerprint density at radius 3 is 2.65 bits per heavy atom. The summed E-state index contributed by atoms with van der Waals surface area (Å²) in [6.07, 6.45) is 1.78. The maximum absolute atomic E-state index is 8.90. The second-order valence-corrected chi connectivity index (χ2v) is 5.22. The summed E-state index contributed by atoms with van der Waals surface area (Å²) in [6.45, 7) is 8.71. The van der Waals surface area contributed by atoms with Gasteiger partial charge in [-0.1, -0.05) is 12.1 Å². The first-order valence-corrected chi connectivity index (χ1v) is 6.06. The van der Waals surface area contributed by atoms with Crippen LogP contribution in [0, 0.1) is 30.6 Å². The zero-order valence-corrected chi connectivity index (χ0v) is 11.2. The van der Waals surface area contributed by atoms with Crippen LogP contribution in [0.4, 0.5) is 0 Å². The first kappa shape index (κ1) is 13.6. The molecule has 0 aromatic heterocycles. The Kier molecular flexibility index (Phi) is 4.57. The third-order valence-corrected chi connectivity index (χ3v) is 2.85. The van der Waals surface area contributed by atoms with Crippen LogP contribution in [-0.4, -0.2) is 6.61 Å². The molecule has 0 heterocycles. The van der Waals surface area contributed by atoms with Gasteiger partial charge in [0.25, 0.3) is 0 Å². The Hall–Kier alpha value is -1.49. The van der Waals surface area contributed by atoms with Crippen molar-refractivity contribution in [3.63, 3.8) is 0 Å². The molecule has 0 unspecified atom stereocenters. The van der Waals surface area contributed by atoms with Gasteiger partial charge in [0.2, 0.25) is 0 Å². The van der Waals surface area contributed by atoms with Gasteiger partial charge in [-0.05, 0) is 57.7 Å². The summed E-state index contributed by atoms with van der Waals surface area (Å²) in [6, 6.07) is 8.52. The molecule has 0 saturated carbocycles. The molecule has 0 atom stereocenters. The van der Waals surface area contributed by atoms with Gasteiger partial charge < -0.3 is 4.74 Å². The number of hydrogen-bond donors (Lipinski definition) is 0. The minimum atomic E-state index is -0.245. The molecular formula is C15H21NO. The first-order valence-electron chi connectivity index (χ1n) is 6.06. The average Bonchev–Trinajstić information content (AvgIpc) is 2.29. The number of ether oxygens (including phenoxy) is 1. The highest BCUT2D eigenvalue weighted by Gasteiger charge is 2.15. The highest BCUT2D eigenvalue weighted by atomic mass is 16.5. The number of benzene rings is 1. The van der Waals surface area contributed by atoms with Crippen LogP contribution in [0.2, 0.25) is 0 Å². The highest BCUT2D eigenvalue weighted by Crippen LogP contribution is 2.22. The van der Waals surface area contributed by atoms with Crippen LogP contribution in [0.1, 0.15) is 37.8 Å². The molecule has 0 spiro atoms. The largest absolute Gasteiger partial charge is 0.493 e. The number of nitrogens with zero attached hydrogens (tertiary/aromatic N) is 1. The van der Waals surface area contributed by atoms with Crippen molar-refractivity contribution in [3.05, 3.63) is 29.3 Å². The molecule has 0 fully saturated rings. The highest BCUT2D eigenvalue weighted by molar-refractivity contribution is 5.35. The summed E-state index contributed by atoms with van der Waals surface area (Å²) in [5.74, 6) is 0.958. The maximum Gasteiger partial charge on any atom is 0.122 e. The lowest BCUT2D eigenvalue weighted by atomic mass is 9.90. The van der Waals surface area contributed by atoms with Crippen LogP contribution >= 0.6 is 0 Å². The van der Waals surface area contributed by atoms with E-state index in [0.29, 0.717) is 6.61 Å². The number of aryl methyl sites for hydroxylation is 2. The average molecular weight is 231 g/mol. The van der Waals surface area contributed by atoms with Gasteiger partial charge in [0.1, 0.15) is 5.75 Å². The van der Waals surface area contributed by atoms with Crippen LogP contribution < -0.4 is 4.74 Å². The molecule has 17 heavy (non-hydrogen) atoms. The van der Waals surface area contributed by atoms with E-state index in [1.165, 1.54) is 5.56 Å². The molecule has 92 valence electrons. The minimum absolute atomic E-state index is 0.245. The van der Waals surface area contributed by atoms with Crippen LogP contribution in [0.3, 0.4) is 0 Å². The van der Waals surface area contributed by atoms with E-state index in [2.05, 4.69) is 31.2 Å². The van der Waals surface area contributed by atoms with Crippen LogP contribution in [-0.2, 0) is 0 Å². The van der Waals surface area contributed by atoms with Crippen molar-refractivity contribution in [1.82, 2.24) is 0 Å². The molecule has 0 aliphatic rings. The van der Waals surface area contributed by atoms with Crippen LogP contribution in [0.5, 0.6) is 5.75 Å². The van der Waals surface area contributed by atoms with Crippen molar-refractivity contribution in [3.8, 4) is 11.8 Å². The molecule has 0 aliphatic carbocycles. The Bertz CT molecular complexity index is 415. The number of nitriles is 1. The third kappa shape index (κ3) is 4.48. The summed E-state index contributed by atoms with van der Waals surface area (Å²) in [4.78, 5) is 0. The summed E-state index contributed by atoms with van der Waals surface area (Å²) in [7, 11) is 0. The van der Waals surface area contributed by atoms with Crippen molar-refractivity contribution in [2.24, 2.45) is 5.41 Å². The first-order chi connectivity index (χ1) is 7.94. The maximum atomic E-state index is 8.90. The molecular weight excluding hydrogens is 210 g/mol. The predicted octanol–water partition coefficient (Wildman–Crippen LogP) is 4.01. The summed E-state index contributed by atoms with van der Waals surface area (Å²) >= 11 is 0. The molecule has 0 bridgehead atoms. The van der Waals surface area contributed by atoms with Gasteiger partial charge in [0.15, 0.2) is 0 Å². The van der Waals surface area contributed by atoms with Gasteiger partial charge in [0, 0.05) is 0 Å². The molecule has 2 heteroatoms. The van der Waals surface area contributed by atoms with E-state index in [4.69, 9.17) is 10.00 Å². The SMILES string of the molecule is Cc1ccc(C)c(OCCCC(C)(C)C#N)c1. The second-order valence-electron chi connectivity index (χ2n) is 5.22. The summed E-state index contributed by atoms with van der Waals surface area (Å²) < 4.78 is 5.75. The fraction of sp³-hybridized carbons (Fsp3) is 0.533. The van der Waals surface area contributed by atoms with E-state index in [-0.39, 0.29) is 5.41 Å². The lowest BCUT2D eigenvalue weighted by molar-refractivity contribution is 0.282. The number of hydrogen-bond acceptors (Lipinski definition) is 2. The number of rotatable bonds is 5. The van der Waals surface area contributed by atoms with Crippen LogP contribution in [0.25, 0.3) is 0 Å². The fourth-order valence-electron chi connectivity index (χ4n) is 1.61. The predicted molar refractivity (Wildman–Crippen MR) is 70.0 cm³/mol. The van der Waals surface area contributed by atoms with Gasteiger partial charge in [-0.25, -0.2) is 0 Å². The summed E-state index contributed by atoms with van der Waals surface area (Å²) in [5.41, 5.74) is 2.13. The molecule has 1 aromatic carbocycles. The van der Waals surface area contributed by atoms with E-state index < -0.39 is 0 Å². The van der Waals surface area contributed by atoms with Gasteiger partial charge in [-0.2, -0.15) is 5.26 Å².